The maximum atomic E-state index is 12.7. The molecule has 0 aliphatic heterocycles. The number of likely N-dealkylation sites (N-methyl/N-ethyl adjacent to an activating group) is 1. The van der Waals surface area contributed by atoms with Crippen LogP contribution in [0.2, 0.25) is 0 Å². The Morgan fingerprint density at radius 1 is 1.00 bits per heavy atom. The van der Waals surface area contributed by atoms with Crippen molar-refractivity contribution in [2.75, 3.05) is 18.5 Å². The zero-order valence-electron chi connectivity index (χ0n) is 11.3. The smallest absolute Gasteiger partial charge is 0.267 e. The SMILES string of the molecule is CN(C[C@H](C=C(F)F)c1ccccc1)c1ccccc1. The lowest BCUT2D eigenvalue weighted by atomic mass is 9.98. The highest BCUT2D eigenvalue weighted by atomic mass is 19.3. The average molecular weight is 273 g/mol. The highest BCUT2D eigenvalue weighted by Crippen LogP contribution is 2.23. The van der Waals surface area contributed by atoms with Crippen LogP contribution >= 0.6 is 0 Å². The van der Waals surface area contributed by atoms with Crippen molar-refractivity contribution in [2.45, 2.75) is 5.92 Å². The Morgan fingerprint density at radius 3 is 2.10 bits per heavy atom. The molecule has 0 spiro atoms. The standard InChI is InChI=1S/C17H17F2N/c1-20(16-10-6-3-7-11-16)13-15(12-17(18)19)14-8-4-2-5-9-14/h2-12,15H,13H2,1H3/t15-/m0/s1. The molecule has 3 heteroatoms. The summed E-state index contributed by atoms with van der Waals surface area (Å²) in [6.07, 6.45) is -0.616. The third kappa shape index (κ3) is 3.92. The van der Waals surface area contributed by atoms with E-state index in [4.69, 9.17) is 0 Å². The molecular weight excluding hydrogens is 256 g/mol. The third-order valence-electron chi connectivity index (χ3n) is 3.22. The second-order valence-electron chi connectivity index (χ2n) is 4.69. The highest BCUT2D eigenvalue weighted by Gasteiger charge is 2.13. The predicted octanol–water partition coefficient (Wildman–Crippen LogP) is 4.69. The third-order valence-corrected chi connectivity index (χ3v) is 3.22. The van der Waals surface area contributed by atoms with Crippen molar-refractivity contribution in [3.63, 3.8) is 0 Å². The van der Waals surface area contributed by atoms with Crippen LogP contribution in [0.3, 0.4) is 0 Å². The number of rotatable bonds is 5. The summed E-state index contributed by atoms with van der Waals surface area (Å²) in [7, 11) is 1.91. The lowest BCUT2D eigenvalue weighted by Gasteiger charge is -2.24. The van der Waals surface area contributed by atoms with E-state index in [2.05, 4.69) is 0 Å². The zero-order chi connectivity index (χ0) is 14.4. The molecule has 0 heterocycles. The predicted molar refractivity (Wildman–Crippen MR) is 79.2 cm³/mol. The number of nitrogens with zero attached hydrogens (tertiary/aromatic N) is 1. The molecule has 0 aromatic heterocycles. The fourth-order valence-electron chi connectivity index (χ4n) is 2.19. The molecule has 0 saturated carbocycles. The van der Waals surface area contributed by atoms with Gasteiger partial charge in [0.1, 0.15) is 0 Å². The van der Waals surface area contributed by atoms with Crippen LogP contribution in [0.25, 0.3) is 0 Å². The maximum Gasteiger partial charge on any atom is 0.267 e. The molecule has 0 N–H and O–H groups in total. The summed E-state index contributed by atoms with van der Waals surface area (Å²) in [5, 5.41) is 0. The van der Waals surface area contributed by atoms with E-state index in [9.17, 15) is 8.78 Å². The fraction of sp³-hybridized carbons (Fsp3) is 0.176. The van der Waals surface area contributed by atoms with E-state index in [1.165, 1.54) is 0 Å². The topological polar surface area (TPSA) is 3.24 Å². The van der Waals surface area contributed by atoms with Crippen LogP contribution in [0.1, 0.15) is 11.5 Å². The Morgan fingerprint density at radius 2 is 1.55 bits per heavy atom. The van der Waals surface area contributed by atoms with Crippen molar-refractivity contribution < 1.29 is 8.78 Å². The molecule has 2 aromatic carbocycles. The number of hydrogen-bond acceptors (Lipinski definition) is 1. The molecule has 0 bridgehead atoms. The summed E-state index contributed by atoms with van der Waals surface area (Å²) < 4.78 is 25.3. The van der Waals surface area contributed by atoms with Gasteiger partial charge in [0.2, 0.25) is 0 Å². The molecule has 0 unspecified atom stereocenters. The second kappa shape index (κ2) is 6.85. The number of halogens is 2. The minimum Gasteiger partial charge on any atom is -0.374 e. The minimum absolute atomic E-state index is 0.327. The van der Waals surface area contributed by atoms with Crippen molar-refractivity contribution in [1.29, 1.82) is 0 Å². The monoisotopic (exact) mass is 273 g/mol. The molecule has 1 nitrogen and oxygen atoms in total. The summed E-state index contributed by atoms with van der Waals surface area (Å²) in [5.74, 6) is -0.327. The Labute approximate surface area is 118 Å². The van der Waals surface area contributed by atoms with E-state index < -0.39 is 6.08 Å². The van der Waals surface area contributed by atoms with Gasteiger partial charge in [-0.15, -0.1) is 0 Å². The van der Waals surface area contributed by atoms with Crippen LogP contribution in [0.15, 0.2) is 72.8 Å². The first-order valence-corrected chi connectivity index (χ1v) is 6.51. The molecule has 0 aliphatic rings. The Kier molecular flexibility index (Phi) is 4.88. The molecule has 2 rings (SSSR count). The zero-order valence-corrected chi connectivity index (χ0v) is 11.3. The van der Waals surface area contributed by atoms with Gasteiger partial charge in [0, 0.05) is 25.2 Å². The van der Waals surface area contributed by atoms with Gasteiger partial charge in [0.05, 0.1) is 0 Å². The van der Waals surface area contributed by atoms with Crippen molar-refractivity contribution >= 4 is 5.69 Å². The first-order valence-electron chi connectivity index (χ1n) is 6.51. The van der Waals surface area contributed by atoms with Gasteiger partial charge in [-0.25, -0.2) is 0 Å². The Bertz CT molecular complexity index is 548. The van der Waals surface area contributed by atoms with Crippen molar-refractivity contribution in [3.05, 3.63) is 78.4 Å². The van der Waals surface area contributed by atoms with Crippen LogP contribution in [-0.2, 0) is 0 Å². The van der Waals surface area contributed by atoms with Gasteiger partial charge in [0.25, 0.3) is 6.08 Å². The van der Waals surface area contributed by atoms with Crippen molar-refractivity contribution in [3.8, 4) is 0 Å². The molecule has 104 valence electrons. The van der Waals surface area contributed by atoms with E-state index in [1.54, 1.807) is 0 Å². The molecule has 1 atom stereocenters. The van der Waals surface area contributed by atoms with Crippen LogP contribution in [0.4, 0.5) is 14.5 Å². The van der Waals surface area contributed by atoms with Crippen LogP contribution < -0.4 is 4.90 Å². The molecule has 20 heavy (non-hydrogen) atoms. The summed E-state index contributed by atoms with van der Waals surface area (Å²) >= 11 is 0. The second-order valence-corrected chi connectivity index (χ2v) is 4.69. The van der Waals surface area contributed by atoms with Gasteiger partial charge in [0.15, 0.2) is 0 Å². The molecule has 0 fully saturated rings. The summed E-state index contributed by atoms with van der Waals surface area (Å²) in [5.41, 5.74) is 1.91. The number of hydrogen-bond donors (Lipinski definition) is 0. The van der Waals surface area contributed by atoms with Gasteiger partial charge in [-0.1, -0.05) is 48.5 Å². The van der Waals surface area contributed by atoms with Crippen LogP contribution in [0, 0.1) is 0 Å². The molecule has 0 amide bonds. The molecule has 0 aliphatic carbocycles. The lowest BCUT2D eigenvalue weighted by molar-refractivity contribution is 0.415. The summed E-state index contributed by atoms with van der Waals surface area (Å²) in [6, 6.07) is 19.1. The Hall–Kier alpha value is -2.16. The van der Waals surface area contributed by atoms with E-state index >= 15 is 0 Å². The normalized spacial score (nSPS) is 11.8. The molecular formula is C17H17F2N. The summed E-state index contributed by atoms with van der Waals surface area (Å²) in [6.45, 7) is 0.505. The van der Waals surface area contributed by atoms with Gasteiger partial charge in [-0.3, -0.25) is 0 Å². The van der Waals surface area contributed by atoms with E-state index in [0.29, 0.717) is 6.54 Å². The van der Waals surface area contributed by atoms with Crippen molar-refractivity contribution in [1.82, 2.24) is 0 Å². The van der Waals surface area contributed by atoms with Gasteiger partial charge in [-0.05, 0) is 23.8 Å². The number of benzene rings is 2. The summed E-state index contributed by atoms with van der Waals surface area (Å²) in [4.78, 5) is 1.98. The first-order chi connectivity index (χ1) is 9.66. The van der Waals surface area contributed by atoms with Gasteiger partial charge >= 0.3 is 0 Å². The number of anilines is 1. The maximum absolute atomic E-state index is 12.7. The average Bonchev–Trinajstić information content (AvgIpc) is 2.48. The van der Waals surface area contributed by atoms with E-state index in [1.807, 2.05) is 72.6 Å². The Balaban J connectivity index is 2.19. The van der Waals surface area contributed by atoms with Crippen molar-refractivity contribution in [2.24, 2.45) is 0 Å². The van der Waals surface area contributed by atoms with Gasteiger partial charge in [-0.2, -0.15) is 8.78 Å². The van der Waals surface area contributed by atoms with E-state index in [0.717, 1.165) is 17.3 Å². The highest BCUT2D eigenvalue weighted by molar-refractivity contribution is 5.46. The lowest BCUT2D eigenvalue weighted by Crippen LogP contribution is -2.23. The molecule has 0 radical (unpaired) electrons. The number of para-hydroxylation sites is 1. The minimum atomic E-state index is -1.64. The fourth-order valence-corrected chi connectivity index (χ4v) is 2.19. The molecule has 2 aromatic rings. The van der Waals surface area contributed by atoms with Crippen LogP contribution in [0.5, 0.6) is 0 Å². The van der Waals surface area contributed by atoms with Gasteiger partial charge < -0.3 is 4.90 Å². The van der Waals surface area contributed by atoms with E-state index in [-0.39, 0.29) is 5.92 Å². The first kappa shape index (κ1) is 14.3. The molecule has 0 saturated heterocycles. The van der Waals surface area contributed by atoms with Crippen LogP contribution in [-0.4, -0.2) is 13.6 Å². The quantitative estimate of drug-likeness (QED) is 0.764. The largest absolute Gasteiger partial charge is 0.374 e.